The average molecular weight is 374 g/mol. The number of piperidine rings is 1. The summed E-state index contributed by atoms with van der Waals surface area (Å²) in [5, 5.41) is 0. The van der Waals surface area contributed by atoms with Gasteiger partial charge in [0, 0.05) is 43.2 Å². The van der Waals surface area contributed by atoms with E-state index in [1.165, 1.54) is 0 Å². The number of hydrogen-bond donors (Lipinski definition) is 0. The van der Waals surface area contributed by atoms with Crippen molar-refractivity contribution in [3.8, 4) is 11.6 Å². The molecule has 0 radical (unpaired) electrons. The number of nitrogens with zero attached hydrogens (tertiary/aromatic N) is 4. The van der Waals surface area contributed by atoms with E-state index in [1.54, 1.807) is 24.5 Å². The van der Waals surface area contributed by atoms with E-state index in [0.29, 0.717) is 24.5 Å². The molecule has 0 N–H and O–H groups in total. The smallest absolute Gasteiger partial charge is 0.255 e. The number of benzene rings is 1. The summed E-state index contributed by atoms with van der Waals surface area (Å²) in [5.74, 6) is 2.35. The number of amides is 1. The maximum atomic E-state index is 12.6. The summed E-state index contributed by atoms with van der Waals surface area (Å²) in [6.07, 6.45) is 4.96. The number of carbonyl (C=O) groups is 1. The molecule has 1 aliphatic heterocycles. The minimum absolute atomic E-state index is 0.0322. The molecule has 1 amide bonds. The van der Waals surface area contributed by atoms with Crippen LogP contribution in [0.25, 0.3) is 0 Å². The summed E-state index contributed by atoms with van der Waals surface area (Å²) in [5.41, 5.74) is 1.51. The zero-order valence-electron chi connectivity index (χ0n) is 15.8. The molecule has 2 aromatic heterocycles. The second-order valence-electron chi connectivity index (χ2n) is 6.93. The number of hydrogen-bond acceptors (Lipinski definition) is 5. The molecule has 3 heterocycles. The minimum atomic E-state index is 0.0322. The number of para-hydroxylation sites is 1. The molecule has 0 aliphatic carbocycles. The number of likely N-dealkylation sites (tertiary alicyclic amines) is 1. The van der Waals surface area contributed by atoms with Crippen LogP contribution in [0.4, 0.5) is 0 Å². The first kappa shape index (κ1) is 18.1. The molecule has 0 atom stereocenters. The predicted octanol–water partition coefficient (Wildman–Crippen LogP) is 3.99. The second kappa shape index (κ2) is 8.17. The lowest BCUT2D eigenvalue weighted by Gasteiger charge is -2.31. The Hall–Kier alpha value is -3.28. The number of carbonyl (C=O) groups excluding carboxylic acids is 1. The van der Waals surface area contributed by atoms with Crippen molar-refractivity contribution in [1.82, 2.24) is 19.9 Å². The van der Waals surface area contributed by atoms with Gasteiger partial charge in [-0.05, 0) is 44.0 Å². The van der Waals surface area contributed by atoms with Gasteiger partial charge in [0.1, 0.15) is 11.6 Å². The fourth-order valence-electron chi connectivity index (χ4n) is 3.42. The third-order valence-corrected chi connectivity index (χ3v) is 4.87. The normalized spacial score (nSPS) is 14.7. The first-order chi connectivity index (χ1) is 13.7. The van der Waals surface area contributed by atoms with E-state index in [9.17, 15) is 4.79 Å². The molecule has 6 heteroatoms. The zero-order chi connectivity index (χ0) is 19.3. The van der Waals surface area contributed by atoms with Crippen molar-refractivity contribution in [3.05, 3.63) is 78.0 Å². The molecule has 0 unspecified atom stereocenters. The zero-order valence-corrected chi connectivity index (χ0v) is 15.8. The average Bonchev–Trinajstić information content (AvgIpc) is 2.74. The molecule has 0 saturated carbocycles. The molecule has 4 rings (SSSR count). The molecule has 6 nitrogen and oxygen atoms in total. The van der Waals surface area contributed by atoms with Crippen LogP contribution >= 0.6 is 0 Å². The van der Waals surface area contributed by atoms with Gasteiger partial charge in [0.2, 0.25) is 5.88 Å². The summed E-state index contributed by atoms with van der Waals surface area (Å²) < 4.78 is 5.89. The Labute approximate surface area is 164 Å². The van der Waals surface area contributed by atoms with Gasteiger partial charge in [-0.3, -0.25) is 9.78 Å². The van der Waals surface area contributed by atoms with Crippen molar-refractivity contribution in [2.24, 2.45) is 0 Å². The van der Waals surface area contributed by atoms with E-state index < -0.39 is 0 Å². The van der Waals surface area contributed by atoms with Crippen molar-refractivity contribution >= 4 is 5.91 Å². The SMILES string of the molecule is Cc1cc(Oc2ccccc2)nc(C2CCN(C(=O)c3cccnc3)CC2)n1. The lowest BCUT2D eigenvalue weighted by atomic mass is 9.95. The summed E-state index contributed by atoms with van der Waals surface area (Å²) in [7, 11) is 0. The Morgan fingerprint density at radius 3 is 2.57 bits per heavy atom. The Morgan fingerprint density at radius 1 is 1.07 bits per heavy atom. The van der Waals surface area contributed by atoms with Gasteiger partial charge in [-0.25, -0.2) is 4.98 Å². The van der Waals surface area contributed by atoms with Gasteiger partial charge in [0.25, 0.3) is 5.91 Å². The Bertz CT molecular complexity index is 939. The third kappa shape index (κ3) is 4.17. The molecular formula is C22H22N4O2. The first-order valence-electron chi connectivity index (χ1n) is 9.47. The topological polar surface area (TPSA) is 68.2 Å². The fourth-order valence-corrected chi connectivity index (χ4v) is 3.42. The van der Waals surface area contributed by atoms with Crippen LogP contribution in [0.1, 0.15) is 40.6 Å². The quantitative estimate of drug-likeness (QED) is 0.691. The van der Waals surface area contributed by atoms with Crippen molar-refractivity contribution in [1.29, 1.82) is 0 Å². The number of rotatable bonds is 4. The highest BCUT2D eigenvalue weighted by Gasteiger charge is 2.26. The highest BCUT2D eigenvalue weighted by Crippen LogP contribution is 2.29. The highest BCUT2D eigenvalue weighted by molar-refractivity contribution is 5.93. The highest BCUT2D eigenvalue weighted by atomic mass is 16.5. The standard InChI is InChI=1S/C22H22N4O2/c1-16-14-20(28-19-7-3-2-4-8-19)25-21(24-16)17-9-12-26(13-10-17)22(27)18-6-5-11-23-15-18/h2-8,11,14-15,17H,9-10,12-13H2,1H3. The predicted molar refractivity (Wildman–Crippen MR) is 105 cm³/mol. The summed E-state index contributed by atoms with van der Waals surface area (Å²) in [6, 6.07) is 15.0. The molecule has 28 heavy (non-hydrogen) atoms. The van der Waals surface area contributed by atoms with E-state index in [2.05, 4.69) is 15.0 Å². The van der Waals surface area contributed by atoms with Crippen molar-refractivity contribution in [2.75, 3.05) is 13.1 Å². The van der Waals surface area contributed by atoms with Crippen LogP contribution in [0, 0.1) is 6.92 Å². The summed E-state index contributed by atoms with van der Waals surface area (Å²) in [6.45, 7) is 3.32. The number of pyridine rings is 1. The van der Waals surface area contributed by atoms with Crippen LogP contribution in [0.3, 0.4) is 0 Å². The second-order valence-corrected chi connectivity index (χ2v) is 6.93. The molecule has 1 saturated heterocycles. The summed E-state index contributed by atoms with van der Waals surface area (Å²) >= 11 is 0. The van der Waals surface area contributed by atoms with E-state index in [-0.39, 0.29) is 11.8 Å². The molecule has 1 fully saturated rings. The number of aryl methyl sites for hydroxylation is 1. The van der Waals surface area contributed by atoms with E-state index in [4.69, 9.17) is 4.74 Å². The van der Waals surface area contributed by atoms with E-state index in [0.717, 1.165) is 30.1 Å². The van der Waals surface area contributed by atoms with Crippen LogP contribution in [-0.4, -0.2) is 38.8 Å². The number of ether oxygens (including phenoxy) is 1. The van der Waals surface area contributed by atoms with Crippen LogP contribution < -0.4 is 4.74 Å². The van der Waals surface area contributed by atoms with Gasteiger partial charge in [0.15, 0.2) is 0 Å². The summed E-state index contributed by atoms with van der Waals surface area (Å²) in [4.78, 5) is 27.8. The van der Waals surface area contributed by atoms with Gasteiger partial charge in [-0.1, -0.05) is 18.2 Å². The Kier molecular flexibility index (Phi) is 5.28. The Balaban J connectivity index is 1.44. The number of aromatic nitrogens is 3. The molecule has 0 spiro atoms. The molecule has 142 valence electrons. The lowest BCUT2D eigenvalue weighted by molar-refractivity contribution is 0.0710. The Morgan fingerprint density at radius 2 is 1.86 bits per heavy atom. The van der Waals surface area contributed by atoms with E-state index >= 15 is 0 Å². The molecule has 3 aromatic rings. The minimum Gasteiger partial charge on any atom is -0.439 e. The van der Waals surface area contributed by atoms with Crippen LogP contribution in [0.5, 0.6) is 11.6 Å². The van der Waals surface area contributed by atoms with Crippen LogP contribution in [0.2, 0.25) is 0 Å². The first-order valence-corrected chi connectivity index (χ1v) is 9.47. The monoisotopic (exact) mass is 374 g/mol. The van der Waals surface area contributed by atoms with Gasteiger partial charge in [0.05, 0.1) is 5.56 Å². The molecular weight excluding hydrogens is 352 g/mol. The molecule has 1 aliphatic rings. The lowest BCUT2D eigenvalue weighted by Crippen LogP contribution is -2.38. The van der Waals surface area contributed by atoms with E-state index in [1.807, 2.05) is 48.2 Å². The third-order valence-electron chi connectivity index (χ3n) is 4.87. The largest absolute Gasteiger partial charge is 0.439 e. The van der Waals surface area contributed by atoms with Crippen molar-refractivity contribution in [2.45, 2.75) is 25.7 Å². The van der Waals surface area contributed by atoms with Crippen LogP contribution in [0.15, 0.2) is 60.9 Å². The van der Waals surface area contributed by atoms with Gasteiger partial charge in [-0.15, -0.1) is 0 Å². The van der Waals surface area contributed by atoms with Gasteiger partial charge in [-0.2, -0.15) is 4.98 Å². The molecule has 1 aromatic carbocycles. The maximum Gasteiger partial charge on any atom is 0.255 e. The van der Waals surface area contributed by atoms with Crippen molar-refractivity contribution < 1.29 is 9.53 Å². The van der Waals surface area contributed by atoms with Gasteiger partial charge >= 0.3 is 0 Å². The van der Waals surface area contributed by atoms with Gasteiger partial charge < -0.3 is 9.64 Å². The van der Waals surface area contributed by atoms with Crippen LogP contribution in [-0.2, 0) is 0 Å². The van der Waals surface area contributed by atoms with Crippen molar-refractivity contribution in [3.63, 3.8) is 0 Å². The fraction of sp³-hybridized carbons (Fsp3) is 0.273. The maximum absolute atomic E-state index is 12.6. The molecule has 0 bridgehead atoms.